The van der Waals surface area contributed by atoms with Crippen LogP contribution in [0.15, 0.2) is 71.3 Å². The summed E-state index contributed by atoms with van der Waals surface area (Å²) in [5.41, 5.74) is 3.57. The Morgan fingerprint density at radius 2 is 1.79 bits per heavy atom. The minimum absolute atomic E-state index is 0.0150. The van der Waals surface area contributed by atoms with E-state index in [9.17, 15) is 14.7 Å². The van der Waals surface area contributed by atoms with Gasteiger partial charge in [-0.1, -0.05) is 60.2 Å². The molecule has 1 aromatic heterocycles. The molecule has 1 amide bonds. The molecule has 1 atom stereocenters. The van der Waals surface area contributed by atoms with Gasteiger partial charge < -0.3 is 19.6 Å². The summed E-state index contributed by atoms with van der Waals surface area (Å²) in [4.78, 5) is 23.4. The van der Waals surface area contributed by atoms with E-state index in [0.717, 1.165) is 16.7 Å². The quantitative estimate of drug-likeness (QED) is 0.643. The molecule has 0 radical (unpaired) electrons. The number of aliphatic carboxylic acids is 1. The summed E-state index contributed by atoms with van der Waals surface area (Å²) in [7, 11) is 0. The first-order valence-electron chi connectivity index (χ1n) is 8.86. The highest BCUT2D eigenvalue weighted by atomic mass is 16.5. The largest absolute Gasteiger partial charge is 0.480 e. The third kappa shape index (κ3) is 5.23. The number of carbonyl (C=O) groups is 2. The summed E-state index contributed by atoms with van der Waals surface area (Å²) in [6.45, 7) is 1.99. The first-order valence-corrected chi connectivity index (χ1v) is 8.86. The van der Waals surface area contributed by atoms with Crippen molar-refractivity contribution in [3.63, 3.8) is 0 Å². The van der Waals surface area contributed by atoms with Crippen LogP contribution in [0.3, 0.4) is 0 Å². The minimum Gasteiger partial charge on any atom is -0.480 e. The number of ether oxygens (including phenoxy) is 1. The maximum atomic E-state index is 12.0. The number of amides is 1. The second kappa shape index (κ2) is 8.90. The van der Waals surface area contributed by atoms with E-state index in [0.29, 0.717) is 11.3 Å². The van der Waals surface area contributed by atoms with E-state index in [2.05, 4.69) is 5.32 Å². The molecular weight excluding hydrogens is 358 g/mol. The highest BCUT2D eigenvalue weighted by Crippen LogP contribution is 2.22. The van der Waals surface area contributed by atoms with E-state index in [1.165, 1.54) is 6.26 Å². The third-order valence-electron chi connectivity index (χ3n) is 4.23. The molecule has 0 aliphatic carbocycles. The normalized spacial score (nSPS) is 11.6. The highest BCUT2D eigenvalue weighted by Gasteiger charge is 2.21. The summed E-state index contributed by atoms with van der Waals surface area (Å²) < 4.78 is 10.7. The van der Waals surface area contributed by atoms with Crippen molar-refractivity contribution in [2.24, 2.45) is 0 Å². The van der Waals surface area contributed by atoms with Crippen LogP contribution >= 0.6 is 0 Å². The smallest absolute Gasteiger partial charge is 0.408 e. The van der Waals surface area contributed by atoms with Crippen molar-refractivity contribution in [1.82, 2.24) is 5.32 Å². The van der Waals surface area contributed by atoms with E-state index in [-0.39, 0.29) is 13.0 Å². The Labute approximate surface area is 162 Å². The molecule has 2 aromatic carbocycles. The molecule has 3 rings (SSSR count). The molecule has 1 unspecified atom stereocenters. The Hall–Kier alpha value is -3.54. The van der Waals surface area contributed by atoms with Gasteiger partial charge in [0, 0.05) is 17.5 Å². The van der Waals surface area contributed by atoms with Gasteiger partial charge in [-0.05, 0) is 18.6 Å². The molecule has 6 heteroatoms. The van der Waals surface area contributed by atoms with Gasteiger partial charge in [0.2, 0.25) is 0 Å². The number of furan rings is 1. The lowest BCUT2D eigenvalue weighted by Crippen LogP contribution is -2.42. The van der Waals surface area contributed by atoms with E-state index < -0.39 is 18.1 Å². The van der Waals surface area contributed by atoms with Gasteiger partial charge in [-0.3, -0.25) is 0 Å². The summed E-state index contributed by atoms with van der Waals surface area (Å²) in [5.74, 6) is -0.447. The molecule has 0 saturated carbocycles. The lowest BCUT2D eigenvalue weighted by molar-refractivity contribution is -0.139. The number of hydrogen-bond acceptors (Lipinski definition) is 4. The van der Waals surface area contributed by atoms with Crippen LogP contribution in [0.4, 0.5) is 4.79 Å². The number of hydrogen-bond donors (Lipinski definition) is 2. The molecule has 3 aromatic rings. The molecule has 0 saturated heterocycles. The number of alkyl carbamates (subject to hydrolysis) is 1. The van der Waals surface area contributed by atoms with Gasteiger partial charge in [0.25, 0.3) is 0 Å². The number of aryl methyl sites for hydroxylation is 1. The number of carboxylic acid groups (broad SMARTS) is 1. The second-order valence-electron chi connectivity index (χ2n) is 6.49. The monoisotopic (exact) mass is 379 g/mol. The average Bonchev–Trinajstić information content (AvgIpc) is 3.16. The molecule has 1 heterocycles. The van der Waals surface area contributed by atoms with Crippen LogP contribution in [0.1, 0.15) is 16.7 Å². The van der Waals surface area contributed by atoms with Crippen molar-refractivity contribution in [2.75, 3.05) is 0 Å². The standard InChI is InChI=1S/C22H21NO5/c1-15-7-9-18(10-8-15)20-12-17(13-27-20)14-28-22(26)23-19(21(24)25)11-16-5-3-2-4-6-16/h2-10,12-13,19H,11,14H2,1H3,(H,23,26)(H,24,25). The van der Waals surface area contributed by atoms with E-state index in [1.54, 1.807) is 18.2 Å². The summed E-state index contributed by atoms with van der Waals surface area (Å²) in [5, 5.41) is 11.7. The fourth-order valence-electron chi connectivity index (χ4n) is 2.70. The van der Waals surface area contributed by atoms with Gasteiger partial charge in [0.1, 0.15) is 18.4 Å². The van der Waals surface area contributed by atoms with Gasteiger partial charge in [0.05, 0.1) is 6.26 Å². The van der Waals surface area contributed by atoms with Crippen molar-refractivity contribution in [1.29, 1.82) is 0 Å². The first-order chi connectivity index (χ1) is 13.5. The molecule has 0 aliphatic rings. The summed E-state index contributed by atoms with van der Waals surface area (Å²) in [6.07, 6.45) is 0.900. The van der Waals surface area contributed by atoms with Crippen LogP contribution in [0.5, 0.6) is 0 Å². The highest BCUT2D eigenvalue weighted by molar-refractivity contribution is 5.80. The molecule has 2 N–H and O–H groups in total. The Balaban J connectivity index is 1.54. The fourth-order valence-corrected chi connectivity index (χ4v) is 2.70. The first kappa shape index (κ1) is 19.2. The Morgan fingerprint density at radius 3 is 2.46 bits per heavy atom. The van der Waals surface area contributed by atoms with Crippen LogP contribution in [0.2, 0.25) is 0 Å². The van der Waals surface area contributed by atoms with Crippen LogP contribution < -0.4 is 5.32 Å². The van der Waals surface area contributed by atoms with Crippen LogP contribution in [-0.2, 0) is 22.6 Å². The van der Waals surface area contributed by atoms with Crippen LogP contribution in [0, 0.1) is 6.92 Å². The van der Waals surface area contributed by atoms with Crippen LogP contribution in [0.25, 0.3) is 11.3 Å². The van der Waals surface area contributed by atoms with Gasteiger partial charge in [-0.25, -0.2) is 9.59 Å². The lowest BCUT2D eigenvalue weighted by atomic mass is 10.1. The van der Waals surface area contributed by atoms with E-state index in [4.69, 9.17) is 9.15 Å². The molecule has 0 aliphatic heterocycles. The van der Waals surface area contributed by atoms with Crippen LogP contribution in [-0.4, -0.2) is 23.2 Å². The number of benzene rings is 2. The Bertz CT molecular complexity index is 931. The average molecular weight is 379 g/mol. The van der Waals surface area contributed by atoms with Crippen molar-refractivity contribution in [3.05, 3.63) is 83.6 Å². The number of nitrogens with one attached hydrogen (secondary N) is 1. The number of carboxylic acids is 1. The number of carbonyl (C=O) groups excluding carboxylic acids is 1. The van der Waals surface area contributed by atoms with Gasteiger partial charge in [0.15, 0.2) is 0 Å². The van der Waals surface area contributed by atoms with Gasteiger partial charge in [-0.15, -0.1) is 0 Å². The molecule has 6 nitrogen and oxygen atoms in total. The lowest BCUT2D eigenvalue weighted by Gasteiger charge is -2.14. The molecular formula is C22H21NO5. The Morgan fingerprint density at radius 1 is 1.07 bits per heavy atom. The predicted molar refractivity (Wildman–Crippen MR) is 104 cm³/mol. The van der Waals surface area contributed by atoms with Crippen molar-refractivity contribution >= 4 is 12.1 Å². The maximum Gasteiger partial charge on any atom is 0.408 e. The van der Waals surface area contributed by atoms with E-state index >= 15 is 0 Å². The SMILES string of the molecule is Cc1ccc(-c2cc(COC(=O)NC(Cc3ccccc3)C(=O)O)co2)cc1. The maximum absolute atomic E-state index is 12.0. The molecule has 0 bridgehead atoms. The summed E-state index contributed by atoms with van der Waals surface area (Å²) >= 11 is 0. The zero-order valence-corrected chi connectivity index (χ0v) is 15.4. The molecule has 0 spiro atoms. The number of rotatable bonds is 7. The Kier molecular flexibility index (Phi) is 6.11. The molecule has 0 fully saturated rings. The zero-order chi connectivity index (χ0) is 19.9. The van der Waals surface area contributed by atoms with Crippen molar-refractivity contribution < 1.29 is 23.8 Å². The predicted octanol–water partition coefficient (Wildman–Crippen LogP) is 4.18. The van der Waals surface area contributed by atoms with E-state index in [1.807, 2.05) is 49.4 Å². The topological polar surface area (TPSA) is 88.8 Å². The second-order valence-corrected chi connectivity index (χ2v) is 6.49. The minimum atomic E-state index is -1.12. The molecule has 28 heavy (non-hydrogen) atoms. The zero-order valence-electron chi connectivity index (χ0n) is 15.4. The third-order valence-corrected chi connectivity index (χ3v) is 4.23. The summed E-state index contributed by atoms with van der Waals surface area (Å²) in [6, 6.07) is 17.7. The van der Waals surface area contributed by atoms with Gasteiger partial charge >= 0.3 is 12.1 Å². The molecule has 144 valence electrons. The van der Waals surface area contributed by atoms with Crippen molar-refractivity contribution in [3.8, 4) is 11.3 Å². The fraction of sp³-hybridized carbons (Fsp3) is 0.182. The van der Waals surface area contributed by atoms with Gasteiger partial charge in [-0.2, -0.15) is 0 Å². The van der Waals surface area contributed by atoms with Crippen molar-refractivity contribution in [2.45, 2.75) is 26.0 Å².